The van der Waals surface area contributed by atoms with Crippen molar-refractivity contribution in [3.8, 4) is 0 Å². The van der Waals surface area contributed by atoms with Crippen LogP contribution in [0.15, 0.2) is 39.8 Å². The Balaban J connectivity index is 2.37. The van der Waals surface area contributed by atoms with E-state index in [-0.39, 0.29) is 28.1 Å². The van der Waals surface area contributed by atoms with Crippen molar-refractivity contribution in [2.45, 2.75) is 19.8 Å². The number of aliphatic imine (C=N–C) groups is 1. The molecule has 0 bridgehead atoms. The molecule has 1 aliphatic heterocycles. The van der Waals surface area contributed by atoms with Crippen molar-refractivity contribution in [3.63, 3.8) is 0 Å². The van der Waals surface area contributed by atoms with Crippen LogP contribution in [-0.2, 0) is 9.59 Å². The maximum Gasteiger partial charge on any atom is 0.334 e. The number of nitrogens with zero attached hydrogens (tertiary/aromatic N) is 2. The second kappa shape index (κ2) is 6.34. The number of hydrogen-bond acceptors (Lipinski definition) is 6. The number of carboxylic acids is 2. The molecule has 0 aliphatic carbocycles. The van der Waals surface area contributed by atoms with Crippen LogP contribution in [0.4, 0.5) is 5.69 Å². The van der Waals surface area contributed by atoms with Crippen LogP contribution >= 0.6 is 11.3 Å². The van der Waals surface area contributed by atoms with Crippen LogP contribution in [0.3, 0.4) is 0 Å². The van der Waals surface area contributed by atoms with E-state index < -0.39 is 28.7 Å². The van der Waals surface area contributed by atoms with Gasteiger partial charge in [-0.15, -0.1) is 11.3 Å². The van der Waals surface area contributed by atoms with Gasteiger partial charge >= 0.3 is 11.9 Å². The molecule has 26 heavy (non-hydrogen) atoms. The van der Waals surface area contributed by atoms with E-state index in [1.165, 1.54) is 31.3 Å². The van der Waals surface area contributed by atoms with Crippen LogP contribution in [0.1, 0.15) is 25.3 Å². The lowest BCUT2D eigenvalue weighted by atomic mass is 9.75. The molecule has 0 saturated carbocycles. The summed E-state index contributed by atoms with van der Waals surface area (Å²) in [5.74, 6) is -4.77. The summed E-state index contributed by atoms with van der Waals surface area (Å²) < 4.78 is 0.598. The highest BCUT2D eigenvalue weighted by Gasteiger charge is 2.42. The summed E-state index contributed by atoms with van der Waals surface area (Å²) in [6.07, 6.45) is 0. The monoisotopic (exact) mass is 374 g/mol. The fourth-order valence-electron chi connectivity index (χ4n) is 3.45. The number of non-ortho nitro benzene ring substituents is 1. The van der Waals surface area contributed by atoms with Crippen LogP contribution in [0.2, 0.25) is 0 Å². The molecule has 2 aromatic rings. The van der Waals surface area contributed by atoms with Crippen molar-refractivity contribution in [1.29, 1.82) is 0 Å². The molecule has 2 atom stereocenters. The highest BCUT2D eigenvalue weighted by Crippen LogP contribution is 2.46. The van der Waals surface area contributed by atoms with E-state index in [9.17, 15) is 29.9 Å². The maximum absolute atomic E-state index is 11.9. The number of nitro benzene ring substituents is 1. The number of hydrogen-bond donors (Lipinski definition) is 2. The lowest BCUT2D eigenvalue weighted by Crippen LogP contribution is -2.34. The zero-order valence-electron chi connectivity index (χ0n) is 13.8. The Morgan fingerprint density at radius 3 is 2.54 bits per heavy atom. The average molecular weight is 374 g/mol. The molecular weight excluding hydrogens is 360 g/mol. The Morgan fingerprint density at radius 2 is 1.96 bits per heavy atom. The number of thiophene rings is 1. The minimum absolute atomic E-state index is 0.152. The lowest BCUT2D eigenvalue weighted by Gasteiger charge is -2.29. The quantitative estimate of drug-likeness (QED) is 0.623. The Hall–Kier alpha value is -3.07. The first-order chi connectivity index (χ1) is 12.2. The van der Waals surface area contributed by atoms with E-state index in [2.05, 4.69) is 4.99 Å². The molecule has 9 heteroatoms. The zero-order chi connectivity index (χ0) is 19.2. The van der Waals surface area contributed by atoms with E-state index in [1.54, 1.807) is 17.5 Å². The standard InChI is InChI=1S/C17H14N2O6S/c1-7-12(16(20)21)15(13(17(22)23)8(2)18-7)9-6-26-11-5-3-4-10(14(9)11)19(24)25/h3-6,12,15H,1-2H3,(H,20,21)(H,22,23). The number of nitro groups is 1. The normalized spacial score (nSPS) is 20.2. The Labute approximate surface area is 151 Å². The summed E-state index contributed by atoms with van der Waals surface area (Å²) in [5, 5.41) is 32.7. The summed E-state index contributed by atoms with van der Waals surface area (Å²) in [5.41, 5.74) is 0.473. The van der Waals surface area contributed by atoms with Gasteiger partial charge in [0.2, 0.25) is 0 Å². The summed E-state index contributed by atoms with van der Waals surface area (Å²) >= 11 is 1.22. The molecule has 2 heterocycles. The van der Waals surface area contributed by atoms with Crippen molar-refractivity contribution in [2.75, 3.05) is 0 Å². The number of carbonyl (C=O) groups is 2. The van der Waals surface area contributed by atoms with E-state index in [0.717, 1.165) is 0 Å². The Bertz CT molecular complexity index is 1020. The fourth-order valence-corrected chi connectivity index (χ4v) is 4.46. The molecule has 1 aromatic heterocycles. The van der Waals surface area contributed by atoms with Crippen LogP contribution in [-0.4, -0.2) is 32.8 Å². The van der Waals surface area contributed by atoms with Crippen molar-refractivity contribution in [1.82, 2.24) is 0 Å². The minimum Gasteiger partial charge on any atom is -0.481 e. The molecule has 8 nitrogen and oxygen atoms in total. The van der Waals surface area contributed by atoms with Gasteiger partial charge in [-0.1, -0.05) is 6.07 Å². The minimum atomic E-state index is -1.28. The first-order valence-corrected chi connectivity index (χ1v) is 8.48. The van der Waals surface area contributed by atoms with E-state index in [4.69, 9.17) is 0 Å². The molecule has 2 unspecified atom stereocenters. The van der Waals surface area contributed by atoms with Gasteiger partial charge in [-0.05, 0) is 30.9 Å². The van der Waals surface area contributed by atoms with Crippen LogP contribution < -0.4 is 0 Å². The highest BCUT2D eigenvalue weighted by molar-refractivity contribution is 7.17. The van der Waals surface area contributed by atoms with Gasteiger partial charge in [-0.2, -0.15) is 0 Å². The molecule has 1 aromatic carbocycles. The number of benzene rings is 1. The summed E-state index contributed by atoms with van der Waals surface area (Å²) in [6.45, 7) is 3.03. The summed E-state index contributed by atoms with van der Waals surface area (Å²) in [6, 6.07) is 4.56. The molecule has 1 aliphatic rings. The van der Waals surface area contributed by atoms with Crippen molar-refractivity contribution >= 4 is 44.8 Å². The van der Waals surface area contributed by atoms with Crippen LogP contribution in [0.5, 0.6) is 0 Å². The largest absolute Gasteiger partial charge is 0.481 e. The van der Waals surface area contributed by atoms with Gasteiger partial charge in [-0.25, -0.2) is 4.79 Å². The predicted molar refractivity (Wildman–Crippen MR) is 95.8 cm³/mol. The molecule has 3 rings (SSSR count). The first kappa shape index (κ1) is 17.7. The highest BCUT2D eigenvalue weighted by atomic mass is 32.1. The third kappa shape index (κ3) is 2.66. The first-order valence-electron chi connectivity index (χ1n) is 7.60. The smallest absolute Gasteiger partial charge is 0.334 e. The molecule has 0 spiro atoms. The maximum atomic E-state index is 11.9. The zero-order valence-corrected chi connectivity index (χ0v) is 14.6. The van der Waals surface area contributed by atoms with Gasteiger partial charge in [-0.3, -0.25) is 19.9 Å². The van der Waals surface area contributed by atoms with Crippen molar-refractivity contribution in [3.05, 3.63) is 50.5 Å². The lowest BCUT2D eigenvalue weighted by molar-refractivity contribution is -0.383. The summed E-state index contributed by atoms with van der Waals surface area (Å²) in [7, 11) is 0. The van der Waals surface area contributed by atoms with Gasteiger partial charge in [0, 0.05) is 28.1 Å². The number of carboxylic acid groups (broad SMARTS) is 2. The molecule has 0 fully saturated rings. The van der Waals surface area contributed by atoms with Crippen molar-refractivity contribution in [2.24, 2.45) is 10.9 Å². The molecule has 2 N–H and O–H groups in total. The van der Waals surface area contributed by atoms with E-state index >= 15 is 0 Å². The SMILES string of the molecule is CC1=NC(C)=C(C(=O)O)C(c2csc3cccc([N+](=O)[O-])c23)C1C(=O)O. The van der Waals surface area contributed by atoms with Gasteiger partial charge in [0.1, 0.15) is 5.92 Å². The Morgan fingerprint density at radius 1 is 1.27 bits per heavy atom. The third-order valence-electron chi connectivity index (χ3n) is 4.46. The van der Waals surface area contributed by atoms with Gasteiger partial charge in [0.05, 0.1) is 15.9 Å². The van der Waals surface area contributed by atoms with Gasteiger partial charge < -0.3 is 10.2 Å². The molecule has 0 amide bonds. The van der Waals surface area contributed by atoms with Gasteiger partial charge in [0.15, 0.2) is 0 Å². The third-order valence-corrected chi connectivity index (χ3v) is 5.43. The van der Waals surface area contributed by atoms with Gasteiger partial charge in [0.25, 0.3) is 5.69 Å². The van der Waals surface area contributed by atoms with Crippen LogP contribution in [0, 0.1) is 16.0 Å². The van der Waals surface area contributed by atoms with E-state index in [1.807, 2.05) is 0 Å². The molecule has 0 radical (unpaired) electrons. The molecule has 0 saturated heterocycles. The number of rotatable bonds is 4. The Kier molecular flexibility index (Phi) is 4.33. The van der Waals surface area contributed by atoms with Crippen LogP contribution in [0.25, 0.3) is 10.1 Å². The van der Waals surface area contributed by atoms with Crippen molar-refractivity contribution < 1.29 is 24.7 Å². The second-order valence-corrected chi connectivity index (χ2v) is 6.86. The second-order valence-electron chi connectivity index (χ2n) is 5.95. The fraction of sp³-hybridized carbons (Fsp3) is 0.235. The number of aliphatic carboxylic acids is 2. The average Bonchev–Trinajstić information content (AvgIpc) is 2.96. The molecular formula is C17H14N2O6S. The number of allylic oxidation sites excluding steroid dienone is 1. The summed E-state index contributed by atoms with van der Waals surface area (Å²) in [4.78, 5) is 38.7. The molecule has 134 valence electrons. The predicted octanol–water partition coefficient (Wildman–Crippen LogP) is 3.43. The topological polar surface area (TPSA) is 130 Å². The van der Waals surface area contributed by atoms with E-state index in [0.29, 0.717) is 10.3 Å². The number of fused-ring (bicyclic) bond motifs is 1.